The first-order valence-electron chi connectivity index (χ1n) is 2.36. The van der Waals surface area contributed by atoms with Crippen LogP contribution in [0.2, 0.25) is 0 Å². The standard InChI is InChI=1S/C4H11O2PS/c1-4-8-7(5-2)6-3/h4H2,1-3H3. The van der Waals surface area contributed by atoms with Gasteiger partial charge in [0.05, 0.1) is 0 Å². The molecular formula is C4H11O2PS. The Labute approximate surface area is 55.6 Å². The molecule has 0 bridgehead atoms. The van der Waals surface area contributed by atoms with Crippen LogP contribution in [-0.2, 0) is 9.05 Å². The van der Waals surface area contributed by atoms with Crippen LogP contribution in [0.15, 0.2) is 0 Å². The molecule has 0 aromatic rings. The largest absolute Gasteiger partial charge is 0.329 e. The van der Waals surface area contributed by atoms with Crippen molar-refractivity contribution in [3.05, 3.63) is 0 Å². The minimum atomic E-state index is -0.640. The fourth-order valence-corrected chi connectivity index (χ4v) is 2.12. The van der Waals surface area contributed by atoms with Crippen LogP contribution in [0, 0.1) is 0 Å². The lowest BCUT2D eigenvalue weighted by atomic mass is 11.0. The highest BCUT2D eigenvalue weighted by atomic mass is 32.7. The van der Waals surface area contributed by atoms with Gasteiger partial charge >= 0.3 is 0 Å². The van der Waals surface area contributed by atoms with Gasteiger partial charge < -0.3 is 9.05 Å². The Hall–Kier alpha value is 0.700. The summed E-state index contributed by atoms with van der Waals surface area (Å²) in [6.07, 6.45) is 0. The van der Waals surface area contributed by atoms with E-state index in [2.05, 4.69) is 6.92 Å². The van der Waals surface area contributed by atoms with Gasteiger partial charge in [-0.15, -0.1) is 0 Å². The van der Waals surface area contributed by atoms with E-state index in [9.17, 15) is 0 Å². The zero-order valence-electron chi connectivity index (χ0n) is 5.38. The molecule has 0 heterocycles. The summed E-state index contributed by atoms with van der Waals surface area (Å²) in [5, 5.41) is 0. The smallest absolute Gasteiger partial charge is 0.237 e. The van der Waals surface area contributed by atoms with Gasteiger partial charge in [-0.05, 0) is 5.75 Å². The molecule has 8 heavy (non-hydrogen) atoms. The molecule has 0 saturated heterocycles. The average Bonchev–Trinajstić information content (AvgIpc) is 1.83. The van der Waals surface area contributed by atoms with E-state index in [0.717, 1.165) is 5.75 Å². The highest BCUT2D eigenvalue weighted by molar-refractivity contribution is 8.52. The Morgan fingerprint density at radius 3 is 2.00 bits per heavy atom. The maximum atomic E-state index is 4.95. The van der Waals surface area contributed by atoms with Gasteiger partial charge in [0, 0.05) is 14.2 Å². The Morgan fingerprint density at radius 1 is 1.38 bits per heavy atom. The van der Waals surface area contributed by atoms with E-state index >= 15 is 0 Å². The van der Waals surface area contributed by atoms with Gasteiger partial charge in [0.25, 0.3) is 0 Å². The third kappa shape index (κ3) is 3.67. The zero-order chi connectivity index (χ0) is 6.41. The third-order valence-electron chi connectivity index (χ3n) is 0.533. The topological polar surface area (TPSA) is 18.5 Å². The maximum absolute atomic E-state index is 4.95. The molecule has 0 radical (unpaired) electrons. The molecular weight excluding hydrogens is 143 g/mol. The summed E-state index contributed by atoms with van der Waals surface area (Å²) < 4.78 is 9.89. The van der Waals surface area contributed by atoms with Gasteiger partial charge in [0.2, 0.25) is 7.58 Å². The molecule has 0 fully saturated rings. The van der Waals surface area contributed by atoms with Crippen molar-refractivity contribution in [3.63, 3.8) is 0 Å². The van der Waals surface area contributed by atoms with Crippen molar-refractivity contribution in [1.29, 1.82) is 0 Å². The van der Waals surface area contributed by atoms with Crippen LogP contribution in [0.5, 0.6) is 0 Å². The first-order chi connectivity index (χ1) is 3.85. The first-order valence-corrected chi connectivity index (χ1v) is 5.13. The second kappa shape index (κ2) is 5.83. The lowest BCUT2D eigenvalue weighted by Gasteiger charge is -2.07. The van der Waals surface area contributed by atoms with Gasteiger partial charge in [0.15, 0.2) is 0 Å². The minimum absolute atomic E-state index is 0.640. The summed E-state index contributed by atoms with van der Waals surface area (Å²) in [7, 11) is 2.69. The fourth-order valence-electron chi connectivity index (χ4n) is 0.285. The maximum Gasteiger partial charge on any atom is 0.237 e. The molecule has 0 N–H and O–H groups in total. The van der Waals surface area contributed by atoms with Gasteiger partial charge in [-0.1, -0.05) is 18.3 Å². The van der Waals surface area contributed by atoms with Crippen molar-refractivity contribution in [1.82, 2.24) is 0 Å². The van der Waals surface area contributed by atoms with Gasteiger partial charge in [0.1, 0.15) is 0 Å². The Morgan fingerprint density at radius 2 is 1.88 bits per heavy atom. The quantitative estimate of drug-likeness (QED) is 0.578. The highest BCUT2D eigenvalue weighted by Crippen LogP contribution is 2.49. The summed E-state index contributed by atoms with van der Waals surface area (Å²) in [4.78, 5) is 0. The SMILES string of the molecule is CCSP(OC)OC. The fraction of sp³-hybridized carbons (Fsp3) is 1.00. The second-order valence-corrected chi connectivity index (χ2v) is 4.69. The molecule has 0 saturated carbocycles. The zero-order valence-corrected chi connectivity index (χ0v) is 7.09. The van der Waals surface area contributed by atoms with Gasteiger partial charge in [-0.2, -0.15) is 0 Å². The van der Waals surface area contributed by atoms with E-state index in [1.165, 1.54) is 0 Å². The van der Waals surface area contributed by atoms with E-state index in [0.29, 0.717) is 0 Å². The molecule has 4 heteroatoms. The van der Waals surface area contributed by atoms with Crippen molar-refractivity contribution < 1.29 is 9.05 Å². The molecule has 0 aromatic heterocycles. The second-order valence-electron chi connectivity index (χ2n) is 1.01. The van der Waals surface area contributed by atoms with E-state index in [-0.39, 0.29) is 0 Å². The molecule has 50 valence electrons. The molecule has 0 aliphatic rings. The van der Waals surface area contributed by atoms with Crippen LogP contribution in [0.4, 0.5) is 0 Å². The number of hydrogen-bond donors (Lipinski definition) is 0. The van der Waals surface area contributed by atoms with Crippen LogP contribution in [0.25, 0.3) is 0 Å². The molecule has 0 aliphatic carbocycles. The monoisotopic (exact) mass is 154 g/mol. The molecule has 0 aliphatic heterocycles. The number of hydrogen-bond acceptors (Lipinski definition) is 3. The minimum Gasteiger partial charge on any atom is -0.329 e. The van der Waals surface area contributed by atoms with Crippen LogP contribution in [0.3, 0.4) is 0 Å². The van der Waals surface area contributed by atoms with Crippen LogP contribution in [0.1, 0.15) is 6.92 Å². The number of rotatable bonds is 4. The predicted molar refractivity (Wildman–Crippen MR) is 39.1 cm³/mol. The van der Waals surface area contributed by atoms with E-state index in [1.54, 1.807) is 25.6 Å². The molecule has 0 spiro atoms. The van der Waals surface area contributed by atoms with Crippen molar-refractivity contribution in [2.75, 3.05) is 20.0 Å². The van der Waals surface area contributed by atoms with Gasteiger partial charge in [-0.25, -0.2) is 0 Å². The first kappa shape index (κ1) is 8.70. The Balaban J connectivity index is 3.07. The van der Waals surface area contributed by atoms with Crippen LogP contribution in [-0.4, -0.2) is 20.0 Å². The third-order valence-corrected chi connectivity index (χ3v) is 3.90. The van der Waals surface area contributed by atoms with Crippen molar-refractivity contribution in [2.24, 2.45) is 0 Å². The van der Waals surface area contributed by atoms with Gasteiger partial charge in [-0.3, -0.25) is 0 Å². The molecule has 2 nitrogen and oxygen atoms in total. The molecule has 0 amide bonds. The predicted octanol–water partition coefficient (Wildman–Crippen LogP) is 2.26. The normalized spacial score (nSPS) is 10.5. The highest BCUT2D eigenvalue weighted by Gasteiger charge is 2.02. The van der Waals surface area contributed by atoms with Crippen molar-refractivity contribution >= 4 is 19.0 Å². The van der Waals surface area contributed by atoms with Crippen LogP contribution < -0.4 is 0 Å². The summed E-state index contributed by atoms with van der Waals surface area (Å²) in [6.45, 7) is 2.08. The average molecular weight is 154 g/mol. The van der Waals surface area contributed by atoms with Crippen molar-refractivity contribution in [3.8, 4) is 0 Å². The molecule has 0 atom stereocenters. The summed E-state index contributed by atoms with van der Waals surface area (Å²) in [5.74, 6) is 1.05. The summed E-state index contributed by atoms with van der Waals surface area (Å²) in [5.41, 5.74) is 0. The Bertz CT molecular complexity index is 49.3. The van der Waals surface area contributed by atoms with Crippen LogP contribution >= 0.6 is 19.0 Å². The van der Waals surface area contributed by atoms with E-state index in [4.69, 9.17) is 9.05 Å². The Kier molecular flexibility index (Phi) is 6.34. The lowest BCUT2D eigenvalue weighted by molar-refractivity contribution is 0.357. The van der Waals surface area contributed by atoms with E-state index in [1.807, 2.05) is 0 Å². The van der Waals surface area contributed by atoms with E-state index < -0.39 is 7.58 Å². The molecule has 0 unspecified atom stereocenters. The lowest BCUT2D eigenvalue weighted by Crippen LogP contribution is -1.75. The van der Waals surface area contributed by atoms with Crippen molar-refractivity contribution in [2.45, 2.75) is 6.92 Å². The summed E-state index contributed by atoms with van der Waals surface area (Å²) >= 11 is 1.70. The summed E-state index contributed by atoms with van der Waals surface area (Å²) in [6, 6.07) is 0. The molecule has 0 aromatic carbocycles. The molecule has 0 rings (SSSR count).